The molecule has 0 fully saturated rings. The standard InChI is InChI=1S/C22H18O4/c1-2-6-20-19(5-1)23-11-15-9-17-13-25-21-7-3-4-8-22(21)26-14-18(17)10-16(15)12-24-20/h1-10H,11-14H2. The maximum Gasteiger partial charge on any atom is 0.161 e. The number of benzene rings is 3. The van der Waals surface area contributed by atoms with E-state index in [2.05, 4.69) is 12.1 Å². The van der Waals surface area contributed by atoms with E-state index in [-0.39, 0.29) is 0 Å². The summed E-state index contributed by atoms with van der Waals surface area (Å²) in [5, 5.41) is 0. The summed E-state index contributed by atoms with van der Waals surface area (Å²) in [4.78, 5) is 0. The van der Waals surface area contributed by atoms with Crippen molar-refractivity contribution in [2.24, 2.45) is 0 Å². The number of hydrogen-bond acceptors (Lipinski definition) is 4. The van der Waals surface area contributed by atoms with Gasteiger partial charge in [-0.2, -0.15) is 0 Å². The van der Waals surface area contributed by atoms with Gasteiger partial charge in [-0.25, -0.2) is 0 Å². The lowest BCUT2D eigenvalue weighted by atomic mass is 9.99. The minimum absolute atomic E-state index is 0.514. The third-order valence-electron chi connectivity index (χ3n) is 4.75. The summed E-state index contributed by atoms with van der Waals surface area (Å²) in [5.41, 5.74) is 4.48. The first-order chi connectivity index (χ1) is 12.9. The monoisotopic (exact) mass is 346 g/mol. The number of fused-ring (bicyclic) bond motifs is 4. The van der Waals surface area contributed by atoms with Gasteiger partial charge in [0.1, 0.15) is 26.4 Å². The molecule has 2 aliphatic heterocycles. The predicted molar refractivity (Wildman–Crippen MR) is 96.7 cm³/mol. The molecule has 0 radical (unpaired) electrons. The predicted octanol–water partition coefficient (Wildman–Crippen LogP) is 4.63. The van der Waals surface area contributed by atoms with Crippen LogP contribution < -0.4 is 18.9 Å². The molecule has 5 rings (SSSR count). The van der Waals surface area contributed by atoms with Gasteiger partial charge in [0.2, 0.25) is 0 Å². The topological polar surface area (TPSA) is 36.9 Å². The Morgan fingerprint density at radius 2 is 0.692 bits per heavy atom. The lowest BCUT2D eigenvalue weighted by molar-refractivity contribution is 0.229. The molecule has 2 aliphatic rings. The Morgan fingerprint density at radius 1 is 0.423 bits per heavy atom. The van der Waals surface area contributed by atoms with Crippen molar-refractivity contribution in [3.63, 3.8) is 0 Å². The molecule has 4 nitrogen and oxygen atoms in total. The zero-order valence-corrected chi connectivity index (χ0v) is 14.2. The molecule has 130 valence electrons. The van der Waals surface area contributed by atoms with Gasteiger partial charge in [0.25, 0.3) is 0 Å². The van der Waals surface area contributed by atoms with Gasteiger partial charge >= 0.3 is 0 Å². The molecule has 0 aromatic heterocycles. The van der Waals surface area contributed by atoms with E-state index < -0.39 is 0 Å². The second-order valence-electron chi connectivity index (χ2n) is 6.44. The van der Waals surface area contributed by atoms with E-state index in [1.54, 1.807) is 0 Å². The Hall–Kier alpha value is -3.14. The van der Waals surface area contributed by atoms with Crippen LogP contribution in [0.2, 0.25) is 0 Å². The summed E-state index contributed by atoms with van der Waals surface area (Å²) in [6.07, 6.45) is 0. The number of rotatable bonds is 0. The summed E-state index contributed by atoms with van der Waals surface area (Å²) in [7, 11) is 0. The average molecular weight is 346 g/mol. The van der Waals surface area contributed by atoms with Crippen LogP contribution in [-0.2, 0) is 26.4 Å². The second kappa shape index (κ2) is 6.30. The van der Waals surface area contributed by atoms with Crippen LogP contribution >= 0.6 is 0 Å². The molecule has 0 spiro atoms. The third-order valence-corrected chi connectivity index (χ3v) is 4.75. The summed E-state index contributed by atoms with van der Waals surface area (Å²) >= 11 is 0. The van der Waals surface area contributed by atoms with E-state index in [0.29, 0.717) is 26.4 Å². The van der Waals surface area contributed by atoms with Gasteiger partial charge in [0.05, 0.1) is 0 Å². The number of hydrogen-bond donors (Lipinski definition) is 0. The van der Waals surface area contributed by atoms with Crippen LogP contribution in [0.5, 0.6) is 23.0 Å². The van der Waals surface area contributed by atoms with Crippen molar-refractivity contribution in [3.8, 4) is 23.0 Å². The van der Waals surface area contributed by atoms with Gasteiger partial charge < -0.3 is 18.9 Å². The van der Waals surface area contributed by atoms with Gasteiger partial charge in [-0.3, -0.25) is 0 Å². The van der Waals surface area contributed by atoms with Crippen LogP contribution in [0.1, 0.15) is 22.3 Å². The zero-order valence-electron chi connectivity index (χ0n) is 14.2. The first-order valence-electron chi connectivity index (χ1n) is 8.69. The molecule has 26 heavy (non-hydrogen) atoms. The highest BCUT2D eigenvalue weighted by Gasteiger charge is 2.18. The van der Waals surface area contributed by atoms with Crippen molar-refractivity contribution >= 4 is 0 Å². The van der Waals surface area contributed by atoms with E-state index in [9.17, 15) is 0 Å². The Kier molecular flexibility index (Phi) is 3.67. The molecule has 0 saturated heterocycles. The van der Waals surface area contributed by atoms with Crippen LogP contribution in [0, 0.1) is 0 Å². The molecule has 3 aromatic carbocycles. The molecule has 0 amide bonds. The molecule has 0 aliphatic carbocycles. The molecule has 0 unspecified atom stereocenters. The molecule has 2 heterocycles. The Balaban J connectivity index is 1.47. The fourth-order valence-corrected chi connectivity index (χ4v) is 3.33. The maximum absolute atomic E-state index is 5.96. The van der Waals surface area contributed by atoms with Crippen molar-refractivity contribution in [2.75, 3.05) is 0 Å². The van der Waals surface area contributed by atoms with Crippen LogP contribution in [0.3, 0.4) is 0 Å². The average Bonchev–Trinajstić information content (AvgIpc) is 2.66. The molecular formula is C22H18O4. The lowest BCUT2D eigenvalue weighted by Gasteiger charge is -2.23. The van der Waals surface area contributed by atoms with Crippen LogP contribution in [-0.4, -0.2) is 0 Å². The quantitative estimate of drug-likeness (QED) is 0.595. The lowest BCUT2D eigenvalue weighted by Crippen LogP contribution is -2.14. The van der Waals surface area contributed by atoms with E-state index in [1.165, 1.54) is 0 Å². The number of ether oxygens (including phenoxy) is 4. The first-order valence-corrected chi connectivity index (χ1v) is 8.69. The highest BCUT2D eigenvalue weighted by Crippen LogP contribution is 2.34. The van der Waals surface area contributed by atoms with Crippen molar-refractivity contribution < 1.29 is 18.9 Å². The van der Waals surface area contributed by atoms with Gasteiger partial charge in [0.15, 0.2) is 23.0 Å². The first kappa shape index (κ1) is 15.1. The van der Waals surface area contributed by atoms with E-state index in [0.717, 1.165) is 45.3 Å². The molecule has 4 heteroatoms. The van der Waals surface area contributed by atoms with Crippen molar-refractivity contribution in [3.05, 3.63) is 82.9 Å². The van der Waals surface area contributed by atoms with Crippen molar-refractivity contribution in [1.82, 2.24) is 0 Å². The van der Waals surface area contributed by atoms with Crippen molar-refractivity contribution in [1.29, 1.82) is 0 Å². The summed E-state index contributed by atoms with van der Waals surface area (Å²) < 4.78 is 23.8. The fraction of sp³-hybridized carbons (Fsp3) is 0.182. The smallest absolute Gasteiger partial charge is 0.161 e. The molecule has 3 aromatic rings. The molecule has 0 saturated carbocycles. The van der Waals surface area contributed by atoms with E-state index in [4.69, 9.17) is 18.9 Å². The van der Waals surface area contributed by atoms with Gasteiger partial charge in [-0.15, -0.1) is 0 Å². The van der Waals surface area contributed by atoms with Gasteiger partial charge in [-0.05, 0) is 58.7 Å². The number of para-hydroxylation sites is 4. The minimum Gasteiger partial charge on any atom is -0.485 e. The summed E-state index contributed by atoms with van der Waals surface area (Å²) in [6.45, 7) is 2.06. The normalized spacial score (nSPS) is 14.8. The molecule has 0 atom stereocenters. The van der Waals surface area contributed by atoms with Crippen LogP contribution in [0.15, 0.2) is 60.7 Å². The Morgan fingerprint density at radius 3 is 0.962 bits per heavy atom. The van der Waals surface area contributed by atoms with Crippen LogP contribution in [0.25, 0.3) is 0 Å². The highest BCUT2D eigenvalue weighted by molar-refractivity contribution is 5.45. The second-order valence-corrected chi connectivity index (χ2v) is 6.44. The largest absolute Gasteiger partial charge is 0.485 e. The Bertz CT molecular complexity index is 812. The summed E-state index contributed by atoms with van der Waals surface area (Å²) in [6, 6.07) is 19.8. The van der Waals surface area contributed by atoms with E-state index >= 15 is 0 Å². The third kappa shape index (κ3) is 2.73. The van der Waals surface area contributed by atoms with Crippen LogP contribution in [0.4, 0.5) is 0 Å². The van der Waals surface area contributed by atoms with Gasteiger partial charge in [0, 0.05) is 0 Å². The summed E-state index contributed by atoms with van der Waals surface area (Å²) in [5.74, 6) is 3.11. The van der Waals surface area contributed by atoms with E-state index in [1.807, 2.05) is 48.5 Å². The fourth-order valence-electron chi connectivity index (χ4n) is 3.33. The SMILES string of the molecule is c1ccc2c(c1)OCc1cc3c(cc1CO2)COc1ccccc1OC3. The molecule has 0 N–H and O–H groups in total. The zero-order chi connectivity index (χ0) is 17.3. The van der Waals surface area contributed by atoms with Gasteiger partial charge in [-0.1, -0.05) is 24.3 Å². The van der Waals surface area contributed by atoms with Crippen molar-refractivity contribution in [2.45, 2.75) is 26.4 Å². The Labute approximate surface area is 151 Å². The minimum atomic E-state index is 0.514. The maximum atomic E-state index is 5.96. The molecule has 0 bridgehead atoms. The highest BCUT2D eigenvalue weighted by atomic mass is 16.5. The molecular weight excluding hydrogens is 328 g/mol.